The minimum Gasteiger partial charge on any atom is -0.459 e. The van der Waals surface area contributed by atoms with Crippen molar-refractivity contribution in [3.05, 3.63) is 34.4 Å². The second kappa shape index (κ2) is 7.46. The van der Waals surface area contributed by atoms with Crippen LogP contribution >= 0.6 is 0 Å². The Bertz CT molecular complexity index is 799. The largest absolute Gasteiger partial charge is 0.459 e. The number of aromatic nitrogens is 2. The van der Waals surface area contributed by atoms with Crippen molar-refractivity contribution in [2.24, 2.45) is 17.8 Å². The molecular weight excluding hydrogens is 346 g/mol. The highest BCUT2D eigenvalue weighted by molar-refractivity contribution is 5.87. The van der Waals surface area contributed by atoms with Crippen LogP contribution in [0.5, 0.6) is 0 Å². The van der Waals surface area contributed by atoms with Gasteiger partial charge in [0.25, 0.3) is 11.8 Å². The van der Waals surface area contributed by atoms with Crippen LogP contribution in [0.2, 0.25) is 0 Å². The van der Waals surface area contributed by atoms with E-state index in [2.05, 4.69) is 10.2 Å². The van der Waals surface area contributed by atoms with Crippen LogP contribution in [0.15, 0.2) is 27.2 Å². The summed E-state index contributed by atoms with van der Waals surface area (Å²) in [6, 6.07) is 3.31. The Morgan fingerprint density at radius 2 is 2.27 bits per heavy atom. The van der Waals surface area contributed by atoms with Crippen LogP contribution in [0, 0.1) is 27.9 Å². The van der Waals surface area contributed by atoms with Crippen LogP contribution in [0.3, 0.4) is 0 Å². The monoisotopic (exact) mass is 363 g/mol. The van der Waals surface area contributed by atoms with Crippen molar-refractivity contribution in [3.63, 3.8) is 0 Å². The second-order valence-corrected chi connectivity index (χ2v) is 6.28. The van der Waals surface area contributed by atoms with Gasteiger partial charge in [-0.2, -0.15) is 0 Å². The van der Waals surface area contributed by atoms with Crippen molar-refractivity contribution in [1.82, 2.24) is 10.2 Å². The molecule has 10 nitrogen and oxygen atoms in total. The summed E-state index contributed by atoms with van der Waals surface area (Å²) in [5.41, 5.74) is 0. The number of furan rings is 1. The SMILES string of the molecule is C[C@H]1CC(=O)[C@@H](CC(=O)OCc2nnc(-c3ccco3)o2)[C@@H]1C[N+](=O)[O-]. The van der Waals surface area contributed by atoms with Crippen LogP contribution in [0.1, 0.15) is 25.7 Å². The second-order valence-electron chi connectivity index (χ2n) is 6.28. The standard InChI is InChI=1S/C16H17N3O7/c1-9-5-12(20)10(11(9)7-19(22)23)6-15(21)25-8-14-17-18-16(26-14)13-3-2-4-24-13/h2-4,9-11H,5-8H2,1H3/t9-,10-,11+/m0/s1. The molecule has 2 heterocycles. The lowest BCUT2D eigenvalue weighted by molar-refractivity contribution is -0.490. The van der Waals surface area contributed by atoms with E-state index in [9.17, 15) is 19.7 Å². The van der Waals surface area contributed by atoms with Gasteiger partial charge in [0.05, 0.1) is 12.7 Å². The highest BCUT2D eigenvalue weighted by Crippen LogP contribution is 2.36. The molecular formula is C16H17N3O7. The number of rotatable bonds is 7. The third kappa shape index (κ3) is 3.95. The number of ether oxygens (including phenoxy) is 1. The Morgan fingerprint density at radius 3 is 2.96 bits per heavy atom. The number of ketones is 1. The first-order chi connectivity index (χ1) is 12.4. The summed E-state index contributed by atoms with van der Waals surface area (Å²) in [5.74, 6) is -1.42. The number of carbonyl (C=O) groups is 2. The van der Waals surface area contributed by atoms with Crippen molar-refractivity contribution in [2.75, 3.05) is 6.54 Å². The molecule has 138 valence electrons. The van der Waals surface area contributed by atoms with Crippen molar-refractivity contribution >= 4 is 11.8 Å². The van der Waals surface area contributed by atoms with Crippen molar-refractivity contribution in [2.45, 2.75) is 26.4 Å². The predicted molar refractivity (Wildman–Crippen MR) is 84.0 cm³/mol. The molecule has 26 heavy (non-hydrogen) atoms. The van der Waals surface area contributed by atoms with E-state index in [0.29, 0.717) is 5.76 Å². The maximum absolute atomic E-state index is 12.0. The Hall–Kier alpha value is -3.04. The Labute approximate surface area is 147 Å². The van der Waals surface area contributed by atoms with Crippen molar-refractivity contribution in [3.8, 4) is 11.7 Å². The van der Waals surface area contributed by atoms with E-state index in [-0.39, 0.29) is 49.5 Å². The summed E-state index contributed by atoms with van der Waals surface area (Å²) in [5, 5.41) is 18.3. The van der Waals surface area contributed by atoms with Crippen LogP contribution in [0.4, 0.5) is 0 Å². The zero-order valence-corrected chi connectivity index (χ0v) is 14.0. The lowest BCUT2D eigenvalue weighted by Gasteiger charge is -2.16. The first-order valence-electron chi connectivity index (χ1n) is 8.10. The van der Waals surface area contributed by atoms with Gasteiger partial charge in [0, 0.05) is 23.2 Å². The van der Waals surface area contributed by atoms with Gasteiger partial charge in [0.2, 0.25) is 6.54 Å². The van der Waals surface area contributed by atoms with E-state index in [0.717, 1.165) is 0 Å². The van der Waals surface area contributed by atoms with E-state index in [1.165, 1.54) is 6.26 Å². The lowest BCUT2D eigenvalue weighted by Crippen LogP contribution is -2.27. The zero-order chi connectivity index (χ0) is 18.7. The average molecular weight is 363 g/mol. The molecule has 0 bridgehead atoms. The summed E-state index contributed by atoms with van der Waals surface area (Å²) in [6.07, 6.45) is 1.51. The molecule has 1 aliphatic rings. The molecule has 1 saturated carbocycles. The van der Waals surface area contributed by atoms with Gasteiger partial charge in [-0.05, 0) is 18.1 Å². The molecule has 1 fully saturated rings. The van der Waals surface area contributed by atoms with E-state index in [4.69, 9.17) is 13.6 Å². The molecule has 0 aliphatic heterocycles. The highest BCUT2D eigenvalue weighted by Gasteiger charge is 2.44. The quantitative estimate of drug-likeness (QED) is 0.410. The first-order valence-corrected chi connectivity index (χ1v) is 8.10. The smallest absolute Gasteiger partial charge is 0.307 e. The minimum atomic E-state index is -0.690. The normalized spacial score (nSPS) is 22.5. The van der Waals surface area contributed by atoms with Gasteiger partial charge < -0.3 is 13.6 Å². The lowest BCUT2D eigenvalue weighted by atomic mass is 9.88. The van der Waals surface area contributed by atoms with E-state index in [1.807, 2.05) is 0 Å². The molecule has 0 aromatic carbocycles. The number of esters is 1. The molecule has 2 aromatic rings. The van der Waals surface area contributed by atoms with Crippen molar-refractivity contribution < 1.29 is 28.1 Å². The van der Waals surface area contributed by atoms with Crippen LogP contribution in [-0.2, 0) is 20.9 Å². The summed E-state index contributed by atoms with van der Waals surface area (Å²) >= 11 is 0. The van der Waals surface area contributed by atoms with Gasteiger partial charge in [-0.3, -0.25) is 19.7 Å². The highest BCUT2D eigenvalue weighted by atomic mass is 16.6. The van der Waals surface area contributed by atoms with Crippen molar-refractivity contribution in [1.29, 1.82) is 0 Å². The molecule has 1 aliphatic carbocycles. The number of nitro groups is 1. The fraction of sp³-hybridized carbons (Fsp3) is 0.500. The molecule has 3 rings (SSSR count). The number of Topliss-reactive ketones (excluding diaryl/α,β-unsaturated/α-hetero) is 1. The third-order valence-corrected chi connectivity index (χ3v) is 4.49. The Kier molecular flexibility index (Phi) is 5.10. The summed E-state index contributed by atoms with van der Waals surface area (Å²) in [6.45, 7) is 1.20. The van der Waals surface area contributed by atoms with Crippen LogP contribution in [0.25, 0.3) is 11.7 Å². The molecule has 0 unspecified atom stereocenters. The van der Waals surface area contributed by atoms with Gasteiger partial charge in [0.15, 0.2) is 12.4 Å². The molecule has 2 aromatic heterocycles. The molecule has 0 spiro atoms. The van der Waals surface area contributed by atoms with E-state index in [1.54, 1.807) is 19.1 Å². The molecule has 3 atom stereocenters. The maximum Gasteiger partial charge on any atom is 0.307 e. The maximum atomic E-state index is 12.0. The average Bonchev–Trinajstić information content (AvgIpc) is 3.29. The van der Waals surface area contributed by atoms with Gasteiger partial charge >= 0.3 is 5.97 Å². The zero-order valence-electron chi connectivity index (χ0n) is 14.0. The van der Waals surface area contributed by atoms with Gasteiger partial charge in [-0.1, -0.05) is 6.92 Å². The van der Waals surface area contributed by atoms with Gasteiger partial charge in [0.1, 0.15) is 5.78 Å². The molecule has 0 N–H and O–H groups in total. The number of hydrogen-bond acceptors (Lipinski definition) is 9. The minimum absolute atomic E-state index is 0.0812. The third-order valence-electron chi connectivity index (χ3n) is 4.49. The molecule has 0 saturated heterocycles. The molecule has 0 radical (unpaired) electrons. The van der Waals surface area contributed by atoms with E-state index < -0.39 is 22.7 Å². The van der Waals surface area contributed by atoms with Crippen LogP contribution in [-0.4, -0.2) is 33.4 Å². The van der Waals surface area contributed by atoms with Crippen LogP contribution < -0.4 is 0 Å². The number of carbonyl (C=O) groups excluding carboxylic acids is 2. The fourth-order valence-electron chi connectivity index (χ4n) is 3.19. The topological polar surface area (TPSA) is 139 Å². The molecule has 10 heteroatoms. The van der Waals surface area contributed by atoms with Gasteiger partial charge in [-0.25, -0.2) is 0 Å². The predicted octanol–water partition coefficient (Wildman–Crippen LogP) is 1.88. The molecule has 0 amide bonds. The summed E-state index contributed by atoms with van der Waals surface area (Å²) < 4.78 is 15.5. The number of hydrogen-bond donors (Lipinski definition) is 0. The summed E-state index contributed by atoms with van der Waals surface area (Å²) in [4.78, 5) is 34.4. The van der Waals surface area contributed by atoms with Gasteiger partial charge in [-0.15, -0.1) is 10.2 Å². The summed E-state index contributed by atoms with van der Waals surface area (Å²) in [7, 11) is 0. The number of nitrogens with zero attached hydrogens (tertiary/aromatic N) is 3. The first kappa shape index (κ1) is 17.8. The Balaban J connectivity index is 1.55. The Morgan fingerprint density at radius 1 is 1.46 bits per heavy atom. The fourth-order valence-corrected chi connectivity index (χ4v) is 3.19. The van der Waals surface area contributed by atoms with E-state index >= 15 is 0 Å².